The lowest BCUT2D eigenvalue weighted by atomic mass is 9.59. The van der Waals surface area contributed by atoms with Gasteiger partial charge in [0.2, 0.25) is 11.8 Å². The largest absolute Gasteiger partial charge is 0.503 e. The van der Waals surface area contributed by atoms with Crippen LogP contribution in [0.4, 0.5) is 11.4 Å². The lowest BCUT2D eigenvalue weighted by molar-refractivity contribution is -0.384. The summed E-state index contributed by atoms with van der Waals surface area (Å²) in [4.78, 5) is 65.9. The average molecular weight is 575 g/mol. The van der Waals surface area contributed by atoms with Crippen LogP contribution in [0.1, 0.15) is 31.2 Å². The van der Waals surface area contributed by atoms with E-state index >= 15 is 0 Å². The van der Waals surface area contributed by atoms with Crippen LogP contribution in [0.5, 0.6) is 11.5 Å². The maximum absolute atomic E-state index is 13.9. The molecule has 208 valence electrons. The van der Waals surface area contributed by atoms with Gasteiger partial charge < -0.3 is 9.84 Å². The third-order valence-corrected chi connectivity index (χ3v) is 8.78. The van der Waals surface area contributed by atoms with Gasteiger partial charge in [-0.15, -0.1) is 0 Å². The van der Waals surface area contributed by atoms with Gasteiger partial charge in [0.05, 0.1) is 34.6 Å². The molecule has 1 heterocycles. The van der Waals surface area contributed by atoms with Crippen molar-refractivity contribution in [3.05, 3.63) is 91.5 Å². The number of methoxy groups -OCH3 is 1. The first-order valence-corrected chi connectivity index (χ1v) is 13.3. The number of allylic oxidation sites excluding steroid dienone is 6. The third kappa shape index (κ3) is 3.93. The van der Waals surface area contributed by atoms with Crippen molar-refractivity contribution in [1.82, 2.24) is 0 Å². The van der Waals surface area contributed by atoms with Gasteiger partial charge in [-0.05, 0) is 61.6 Å². The molecule has 1 aliphatic heterocycles. The lowest BCUT2D eigenvalue weighted by Crippen LogP contribution is -2.39. The second kappa shape index (κ2) is 9.52. The Hall–Kier alpha value is -4.57. The number of hydrogen-bond donors (Lipinski definition) is 1. The fourth-order valence-electron chi connectivity index (χ4n) is 6.63. The molecule has 0 saturated carbocycles. The van der Waals surface area contributed by atoms with Crippen molar-refractivity contribution >= 4 is 46.4 Å². The highest BCUT2D eigenvalue weighted by atomic mass is 35.5. The monoisotopic (exact) mass is 574 g/mol. The van der Waals surface area contributed by atoms with Crippen LogP contribution in [0.3, 0.4) is 0 Å². The highest BCUT2D eigenvalue weighted by Crippen LogP contribution is 2.56. The van der Waals surface area contributed by atoms with Crippen molar-refractivity contribution in [3.8, 4) is 11.5 Å². The van der Waals surface area contributed by atoms with Crippen LogP contribution in [0.25, 0.3) is 0 Å². The van der Waals surface area contributed by atoms with Crippen molar-refractivity contribution in [2.24, 2.45) is 17.8 Å². The predicted octanol–water partition coefficient (Wildman–Crippen LogP) is 4.60. The number of carbonyl (C=O) groups is 4. The molecule has 1 saturated heterocycles. The van der Waals surface area contributed by atoms with Gasteiger partial charge >= 0.3 is 0 Å². The molecular weight excluding hydrogens is 552 g/mol. The Kier molecular flexibility index (Phi) is 6.18. The molecule has 2 aromatic carbocycles. The number of amides is 2. The average Bonchev–Trinajstić information content (AvgIpc) is 3.21. The van der Waals surface area contributed by atoms with E-state index in [1.165, 1.54) is 43.5 Å². The summed E-state index contributed by atoms with van der Waals surface area (Å²) in [6.45, 7) is 1.57. The number of ether oxygens (including phenoxy) is 1. The number of carbonyl (C=O) groups excluding carboxylic acids is 4. The maximum atomic E-state index is 13.9. The summed E-state index contributed by atoms with van der Waals surface area (Å²) in [5.74, 6) is -4.52. The van der Waals surface area contributed by atoms with Crippen LogP contribution in [0.15, 0.2) is 70.8 Å². The fourth-order valence-corrected chi connectivity index (χ4v) is 6.85. The van der Waals surface area contributed by atoms with Crippen molar-refractivity contribution in [2.45, 2.75) is 25.7 Å². The van der Waals surface area contributed by atoms with Crippen LogP contribution >= 0.6 is 11.6 Å². The van der Waals surface area contributed by atoms with E-state index in [-0.39, 0.29) is 57.9 Å². The van der Waals surface area contributed by atoms with Crippen LogP contribution in [-0.2, 0) is 19.2 Å². The molecule has 3 aliphatic carbocycles. The van der Waals surface area contributed by atoms with Gasteiger partial charge in [-0.3, -0.25) is 34.2 Å². The minimum absolute atomic E-state index is 0.00350. The van der Waals surface area contributed by atoms with Crippen molar-refractivity contribution < 1.29 is 33.9 Å². The molecular formula is C30H23ClN2O8. The number of rotatable bonds is 4. The van der Waals surface area contributed by atoms with Gasteiger partial charge in [0.1, 0.15) is 0 Å². The fraction of sp³-hybridized carbons (Fsp3) is 0.267. The number of fused-ring (bicyclic) bond motifs is 3. The summed E-state index contributed by atoms with van der Waals surface area (Å²) in [5, 5.41) is 21.4. The molecule has 0 spiro atoms. The van der Waals surface area contributed by atoms with E-state index in [0.29, 0.717) is 16.7 Å². The van der Waals surface area contributed by atoms with Crippen molar-refractivity contribution in [1.29, 1.82) is 0 Å². The van der Waals surface area contributed by atoms with E-state index in [4.69, 9.17) is 16.3 Å². The number of imide groups is 1. The maximum Gasteiger partial charge on any atom is 0.269 e. The Balaban J connectivity index is 1.48. The van der Waals surface area contributed by atoms with E-state index in [2.05, 4.69) is 0 Å². The van der Waals surface area contributed by atoms with Crippen molar-refractivity contribution in [3.63, 3.8) is 0 Å². The number of nitro benzene ring substituents is 1. The number of halogens is 1. The Labute approximate surface area is 238 Å². The number of nitro groups is 1. The topological polar surface area (TPSA) is 144 Å². The SMILES string of the molecule is COc1cc([C@H]2C3=CC[C@@H]4C(=O)N(c5ccc([N+](=O)[O-])cc5)C(=O)[C@@H]4[C@@H]3CC3=C2C(=O)C(C)=CC3=O)cc(Cl)c1O. The molecule has 4 atom stereocenters. The number of ketones is 2. The second-order valence-corrected chi connectivity index (χ2v) is 11.0. The van der Waals surface area contributed by atoms with Gasteiger partial charge in [0.15, 0.2) is 23.1 Å². The van der Waals surface area contributed by atoms with Gasteiger partial charge in [-0.1, -0.05) is 23.3 Å². The Morgan fingerprint density at radius 1 is 1.07 bits per heavy atom. The number of phenols is 1. The Morgan fingerprint density at radius 2 is 1.78 bits per heavy atom. The zero-order chi connectivity index (χ0) is 29.3. The molecule has 0 unspecified atom stereocenters. The van der Waals surface area contributed by atoms with Crippen LogP contribution in [0, 0.1) is 27.9 Å². The number of Topliss-reactive ketones (excluding diaryl/α,β-unsaturated/α-hetero) is 1. The van der Waals surface area contributed by atoms with E-state index in [1.807, 2.05) is 6.08 Å². The van der Waals surface area contributed by atoms with Crippen molar-refractivity contribution in [2.75, 3.05) is 12.0 Å². The minimum atomic E-state index is -0.807. The number of anilines is 1. The molecule has 0 bridgehead atoms. The minimum Gasteiger partial charge on any atom is -0.503 e. The first-order valence-electron chi connectivity index (χ1n) is 12.9. The predicted molar refractivity (Wildman–Crippen MR) is 147 cm³/mol. The molecule has 1 N–H and O–H groups in total. The lowest BCUT2D eigenvalue weighted by Gasteiger charge is -2.42. The molecule has 6 rings (SSSR count). The number of aromatic hydroxyl groups is 1. The summed E-state index contributed by atoms with van der Waals surface area (Å²) in [6.07, 6.45) is 3.48. The van der Waals surface area contributed by atoms with Gasteiger partial charge in [0, 0.05) is 34.8 Å². The highest BCUT2D eigenvalue weighted by Gasteiger charge is 2.56. The zero-order valence-corrected chi connectivity index (χ0v) is 22.7. The Morgan fingerprint density at radius 3 is 2.44 bits per heavy atom. The number of hydrogen-bond acceptors (Lipinski definition) is 8. The number of phenolic OH excluding ortho intramolecular Hbond substituents is 1. The molecule has 4 aliphatic rings. The van der Waals surface area contributed by atoms with Crippen LogP contribution in [0.2, 0.25) is 5.02 Å². The highest BCUT2D eigenvalue weighted by molar-refractivity contribution is 6.32. The summed E-state index contributed by atoms with van der Waals surface area (Å²) >= 11 is 6.33. The summed E-state index contributed by atoms with van der Waals surface area (Å²) in [6, 6.07) is 8.27. The molecule has 0 radical (unpaired) electrons. The van der Waals surface area contributed by atoms with Gasteiger partial charge in [-0.2, -0.15) is 0 Å². The summed E-state index contributed by atoms with van der Waals surface area (Å²) in [5.41, 5.74) is 2.15. The molecule has 0 aromatic heterocycles. The molecule has 41 heavy (non-hydrogen) atoms. The first-order chi connectivity index (χ1) is 19.5. The van der Waals surface area contributed by atoms with Gasteiger partial charge in [0.25, 0.3) is 5.69 Å². The Bertz CT molecular complexity index is 1690. The van der Waals surface area contributed by atoms with Crippen LogP contribution in [-0.4, -0.2) is 40.5 Å². The smallest absolute Gasteiger partial charge is 0.269 e. The molecule has 2 amide bonds. The normalized spacial score (nSPS) is 25.4. The van der Waals surface area contributed by atoms with Crippen LogP contribution < -0.4 is 9.64 Å². The quantitative estimate of drug-likeness (QED) is 0.183. The summed E-state index contributed by atoms with van der Waals surface area (Å²) < 4.78 is 5.30. The van der Waals surface area contributed by atoms with E-state index in [1.54, 1.807) is 13.0 Å². The van der Waals surface area contributed by atoms with E-state index in [9.17, 15) is 34.4 Å². The number of benzene rings is 2. The van der Waals surface area contributed by atoms with E-state index in [0.717, 1.165) is 10.5 Å². The molecule has 1 fully saturated rings. The summed E-state index contributed by atoms with van der Waals surface area (Å²) in [7, 11) is 1.37. The standard InChI is InChI=1S/C30H23ClN2O8/c1-13-9-22(34)20-12-19-17(24(26(20)27(13)35)14-10-21(31)28(36)23(11-14)41-2)7-8-18-25(19)30(38)32(29(18)37)15-3-5-16(6-4-15)33(39)40/h3-7,9-11,18-19,24-25,36H,8,12H2,1-2H3/t18-,19+,24-,25-/m0/s1. The van der Waals surface area contributed by atoms with E-state index < -0.39 is 40.4 Å². The molecule has 11 heteroatoms. The first kappa shape index (κ1) is 26.6. The second-order valence-electron chi connectivity index (χ2n) is 10.6. The van der Waals surface area contributed by atoms with Gasteiger partial charge in [-0.25, -0.2) is 0 Å². The number of non-ortho nitro benzene ring substituents is 1. The molecule has 2 aromatic rings. The number of nitrogens with zero attached hydrogens (tertiary/aromatic N) is 2. The molecule has 10 nitrogen and oxygen atoms in total. The third-order valence-electron chi connectivity index (χ3n) is 8.49. The zero-order valence-electron chi connectivity index (χ0n) is 21.9.